The number of hydrogen-bond donors (Lipinski definition) is 1. The van der Waals surface area contributed by atoms with Crippen LogP contribution in [0.5, 0.6) is 0 Å². The Kier molecular flexibility index (Phi) is 5.21. The minimum absolute atomic E-state index is 0.379. The second-order valence-electron chi connectivity index (χ2n) is 6.23. The molecule has 22 heavy (non-hydrogen) atoms. The fourth-order valence-corrected chi connectivity index (χ4v) is 3.77. The second-order valence-corrected chi connectivity index (χ2v) is 6.67. The molecule has 2 atom stereocenters. The number of amides is 1. The van der Waals surface area contributed by atoms with Crippen LogP contribution in [0, 0.1) is 5.92 Å². The van der Waals surface area contributed by atoms with Gasteiger partial charge >= 0.3 is 6.09 Å². The van der Waals surface area contributed by atoms with Crippen molar-refractivity contribution < 1.29 is 9.53 Å². The number of piperidine rings is 2. The van der Waals surface area contributed by atoms with Crippen LogP contribution < -0.4 is 5.32 Å². The highest BCUT2D eigenvalue weighted by atomic mass is 35.5. The third kappa shape index (κ3) is 3.93. The number of nitrogens with one attached hydrogen (secondary N) is 1. The van der Waals surface area contributed by atoms with E-state index in [4.69, 9.17) is 16.3 Å². The third-order valence-corrected chi connectivity index (χ3v) is 5.00. The first-order valence-electron chi connectivity index (χ1n) is 8.16. The molecule has 0 radical (unpaired) electrons. The van der Waals surface area contributed by atoms with Crippen LogP contribution in [-0.4, -0.2) is 36.7 Å². The number of benzene rings is 1. The molecule has 0 aromatic heterocycles. The van der Waals surface area contributed by atoms with Crippen molar-refractivity contribution in [2.75, 3.05) is 25.0 Å². The first-order valence-corrected chi connectivity index (χ1v) is 8.53. The second kappa shape index (κ2) is 7.34. The molecule has 0 saturated carbocycles. The van der Waals surface area contributed by atoms with Gasteiger partial charge in [0.05, 0.1) is 6.61 Å². The van der Waals surface area contributed by atoms with E-state index >= 15 is 0 Å². The summed E-state index contributed by atoms with van der Waals surface area (Å²) in [7, 11) is 0. The maximum atomic E-state index is 11.9. The quantitative estimate of drug-likeness (QED) is 0.908. The van der Waals surface area contributed by atoms with Crippen LogP contribution in [0.1, 0.15) is 32.1 Å². The number of ether oxygens (including phenoxy) is 1. The lowest BCUT2D eigenvalue weighted by atomic mass is 9.84. The lowest BCUT2D eigenvalue weighted by Gasteiger charge is -2.44. The van der Waals surface area contributed by atoms with E-state index in [1.807, 2.05) is 0 Å². The van der Waals surface area contributed by atoms with Crippen molar-refractivity contribution >= 4 is 23.4 Å². The number of rotatable bonds is 3. The van der Waals surface area contributed by atoms with Gasteiger partial charge in [-0.2, -0.15) is 0 Å². The molecule has 3 rings (SSSR count). The maximum Gasteiger partial charge on any atom is 0.411 e. The molecule has 2 heterocycles. The van der Waals surface area contributed by atoms with Gasteiger partial charge in [0.25, 0.3) is 0 Å². The highest BCUT2D eigenvalue weighted by Crippen LogP contribution is 2.31. The molecule has 5 heteroatoms. The van der Waals surface area contributed by atoms with Gasteiger partial charge in [-0.3, -0.25) is 10.2 Å². The first kappa shape index (κ1) is 15.6. The molecule has 120 valence electrons. The molecule has 1 aromatic carbocycles. The molecule has 0 bridgehead atoms. The van der Waals surface area contributed by atoms with Crippen LogP contribution >= 0.6 is 11.6 Å². The Hall–Kier alpha value is -1.26. The minimum Gasteiger partial charge on any atom is -0.449 e. The lowest BCUT2D eigenvalue weighted by Crippen LogP contribution is -2.49. The molecule has 1 N–H and O–H groups in total. The summed E-state index contributed by atoms with van der Waals surface area (Å²) in [6, 6.07) is 7.64. The van der Waals surface area contributed by atoms with E-state index in [2.05, 4.69) is 10.2 Å². The van der Waals surface area contributed by atoms with Crippen molar-refractivity contribution in [1.82, 2.24) is 4.90 Å². The van der Waals surface area contributed by atoms with E-state index in [9.17, 15) is 4.79 Å². The number of hydrogen-bond acceptors (Lipinski definition) is 3. The van der Waals surface area contributed by atoms with Crippen LogP contribution in [0.2, 0.25) is 5.02 Å². The SMILES string of the molecule is O=C(Nc1ccc(Cl)cc1)OC[C@@H]1CCCN2CCCC[C@@H]12. The molecular weight excluding hydrogens is 300 g/mol. The average Bonchev–Trinajstić information content (AvgIpc) is 2.55. The zero-order valence-corrected chi connectivity index (χ0v) is 13.5. The number of anilines is 1. The highest BCUT2D eigenvalue weighted by Gasteiger charge is 2.33. The molecule has 0 unspecified atom stereocenters. The van der Waals surface area contributed by atoms with Gasteiger partial charge in [0, 0.05) is 22.7 Å². The van der Waals surface area contributed by atoms with Gasteiger partial charge in [-0.05, 0) is 63.0 Å². The summed E-state index contributed by atoms with van der Waals surface area (Å²) in [5.41, 5.74) is 0.706. The summed E-state index contributed by atoms with van der Waals surface area (Å²) < 4.78 is 5.45. The minimum atomic E-state index is -0.379. The summed E-state index contributed by atoms with van der Waals surface area (Å²) in [5, 5.41) is 3.40. The van der Waals surface area contributed by atoms with Crippen LogP contribution in [0.15, 0.2) is 24.3 Å². The molecule has 1 aromatic rings. The summed E-state index contributed by atoms with van der Waals surface area (Å²) in [5.74, 6) is 0.477. The van der Waals surface area contributed by atoms with Crippen molar-refractivity contribution in [1.29, 1.82) is 0 Å². The Balaban J connectivity index is 1.48. The topological polar surface area (TPSA) is 41.6 Å². The number of nitrogens with zero attached hydrogens (tertiary/aromatic N) is 1. The maximum absolute atomic E-state index is 11.9. The van der Waals surface area contributed by atoms with Crippen LogP contribution in [0.3, 0.4) is 0 Å². The Morgan fingerprint density at radius 3 is 2.77 bits per heavy atom. The predicted molar refractivity (Wildman–Crippen MR) is 88.4 cm³/mol. The van der Waals surface area contributed by atoms with Crippen molar-refractivity contribution in [2.45, 2.75) is 38.1 Å². The largest absolute Gasteiger partial charge is 0.449 e. The zero-order chi connectivity index (χ0) is 15.4. The van der Waals surface area contributed by atoms with Gasteiger partial charge in [0.1, 0.15) is 0 Å². The Morgan fingerprint density at radius 2 is 1.95 bits per heavy atom. The average molecular weight is 323 g/mol. The van der Waals surface area contributed by atoms with Crippen molar-refractivity contribution in [3.8, 4) is 0 Å². The lowest BCUT2D eigenvalue weighted by molar-refractivity contribution is 0.0261. The Morgan fingerprint density at radius 1 is 1.18 bits per heavy atom. The summed E-state index contributed by atoms with van der Waals surface area (Å²) in [4.78, 5) is 14.5. The van der Waals surface area contributed by atoms with E-state index in [1.54, 1.807) is 24.3 Å². The van der Waals surface area contributed by atoms with Gasteiger partial charge in [0.15, 0.2) is 0 Å². The molecule has 1 amide bonds. The van der Waals surface area contributed by atoms with Gasteiger partial charge in [-0.15, -0.1) is 0 Å². The van der Waals surface area contributed by atoms with Crippen LogP contribution in [0.4, 0.5) is 10.5 Å². The number of halogens is 1. The van der Waals surface area contributed by atoms with Crippen molar-refractivity contribution in [2.24, 2.45) is 5.92 Å². The van der Waals surface area contributed by atoms with E-state index in [0.717, 1.165) is 6.42 Å². The zero-order valence-electron chi connectivity index (χ0n) is 12.8. The fraction of sp³-hybridized carbons (Fsp3) is 0.588. The molecule has 2 fully saturated rings. The molecule has 0 spiro atoms. The summed E-state index contributed by atoms with van der Waals surface area (Å²) in [6.45, 7) is 2.93. The highest BCUT2D eigenvalue weighted by molar-refractivity contribution is 6.30. The van der Waals surface area contributed by atoms with Crippen molar-refractivity contribution in [3.63, 3.8) is 0 Å². The van der Waals surface area contributed by atoms with Gasteiger partial charge in [-0.1, -0.05) is 18.0 Å². The number of fused-ring (bicyclic) bond motifs is 1. The van der Waals surface area contributed by atoms with Gasteiger partial charge < -0.3 is 4.74 Å². The Labute approximate surface area is 136 Å². The number of carbonyl (C=O) groups is 1. The van der Waals surface area contributed by atoms with Crippen LogP contribution in [-0.2, 0) is 4.74 Å². The molecule has 4 nitrogen and oxygen atoms in total. The van der Waals surface area contributed by atoms with E-state index < -0.39 is 0 Å². The summed E-state index contributed by atoms with van der Waals surface area (Å²) >= 11 is 5.83. The first-order chi connectivity index (χ1) is 10.7. The summed E-state index contributed by atoms with van der Waals surface area (Å²) in [6.07, 6.45) is 5.84. The smallest absolute Gasteiger partial charge is 0.411 e. The molecule has 2 aliphatic rings. The number of carbonyl (C=O) groups excluding carboxylic acids is 1. The van der Waals surface area contributed by atoms with Crippen molar-refractivity contribution in [3.05, 3.63) is 29.3 Å². The normalized spacial score (nSPS) is 25.3. The third-order valence-electron chi connectivity index (χ3n) is 4.75. The van der Waals surface area contributed by atoms with E-state index in [0.29, 0.717) is 29.3 Å². The predicted octanol–water partition coefficient (Wildman–Crippen LogP) is 4.15. The van der Waals surface area contributed by atoms with Crippen LogP contribution in [0.25, 0.3) is 0 Å². The molecule has 2 saturated heterocycles. The molecule has 0 aliphatic carbocycles. The van der Waals surface area contributed by atoms with Gasteiger partial charge in [0.2, 0.25) is 0 Å². The van der Waals surface area contributed by atoms with E-state index in [-0.39, 0.29) is 6.09 Å². The fourth-order valence-electron chi connectivity index (χ4n) is 3.64. The standard InChI is InChI=1S/C17H23ClN2O2/c18-14-6-8-15(9-7-14)19-17(21)22-12-13-4-3-11-20-10-2-1-5-16(13)20/h6-9,13,16H,1-5,10-12H2,(H,19,21)/t13-,16-/m0/s1. The molecular formula is C17H23ClN2O2. The van der Waals surface area contributed by atoms with E-state index in [1.165, 1.54) is 38.8 Å². The molecule has 2 aliphatic heterocycles. The Bertz CT molecular complexity index is 504. The monoisotopic (exact) mass is 322 g/mol. The van der Waals surface area contributed by atoms with Gasteiger partial charge in [-0.25, -0.2) is 4.79 Å².